The van der Waals surface area contributed by atoms with Gasteiger partial charge in [0.05, 0.1) is 6.04 Å². The molecule has 0 aliphatic carbocycles. The van der Waals surface area contributed by atoms with Crippen molar-refractivity contribution in [3.63, 3.8) is 0 Å². The van der Waals surface area contributed by atoms with Gasteiger partial charge in [0.15, 0.2) is 5.78 Å². The largest absolute Gasteiger partial charge is 0.465 e. The highest BCUT2D eigenvalue weighted by atomic mass is 16.4. The third-order valence-corrected chi connectivity index (χ3v) is 1.98. The van der Waals surface area contributed by atoms with Crippen molar-refractivity contribution in [3.8, 4) is 0 Å². The molecule has 0 saturated carbocycles. The summed E-state index contributed by atoms with van der Waals surface area (Å²) in [5.41, 5.74) is 0. The average Bonchev–Trinajstić information content (AvgIpc) is 2.14. The highest BCUT2D eigenvalue weighted by molar-refractivity contribution is 5.84. The van der Waals surface area contributed by atoms with E-state index in [1.165, 1.54) is 6.92 Å². The zero-order valence-corrected chi connectivity index (χ0v) is 9.02. The predicted molar refractivity (Wildman–Crippen MR) is 55.5 cm³/mol. The number of hydrogen-bond acceptors (Lipinski definition) is 3. The van der Waals surface area contributed by atoms with Crippen LogP contribution in [0.2, 0.25) is 0 Å². The van der Waals surface area contributed by atoms with Gasteiger partial charge in [0.1, 0.15) is 0 Å². The van der Waals surface area contributed by atoms with E-state index in [0.717, 1.165) is 0 Å². The second-order valence-electron chi connectivity index (χ2n) is 3.34. The van der Waals surface area contributed by atoms with Crippen LogP contribution in [0.5, 0.6) is 0 Å². The van der Waals surface area contributed by atoms with Gasteiger partial charge in [-0.05, 0) is 26.2 Å². The Morgan fingerprint density at radius 1 is 1.12 bits per heavy atom. The van der Waals surface area contributed by atoms with Crippen LogP contribution >= 0.6 is 0 Å². The number of ketones is 1. The van der Waals surface area contributed by atoms with Gasteiger partial charge in [-0.3, -0.25) is 4.79 Å². The van der Waals surface area contributed by atoms with Gasteiger partial charge in [-0.25, -0.2) is 9.59 Å². The van der Waals surface area contributed by atoms with Crippen molar-refractivity contribution in [1.82, 2.24) is 10.6 Å². The zero-order valence-electron chi connectivity index (χ0n) is 9.02. The number of unbranched alkanes of at least 4 members (excludes halogenated alkanes) is 1. The smallest absolute Gasteiger partial charge is 0.405 e. The number of rotatable bonds is 7. The van der Waals surface area contributed by atoms with Gasteiger partial charge in [-0.15, -0.1) is 0 Å². The van der Waals surface area contributed by atoms with E-state index in [0.29, 0.717) is 25.8 Å². The summed E-state index contributed by atoms with van der Waals surface area (Å²) in [5.74, 6) is -0.242. The van der Waals surface area contributed by atoms with Crippen molar-refractivity contribution in [1.29, 1.82) is 0 Å². The van der Waals surface area contributed by atoms with Crippen LogP contribution in [0.4, 0.5) is 9.59 Å². The lowest BCUT2D eigenvalue weighted by molar-refractivity contribution is -0.119. The summed E-state index contributed by atoms with van der Waals surface area (Å²) < 4.78 is 0. The molecule has 1 atom stereocenters. The van der Waals surface area contributed by atoms with Crippen molar-refractivity contribution in [2.45, 2.75) is 32.2 Å². The van der Waals surface area contributed by atoms with Crippen LogP contribution in [0.3, 0.4) is 0 Å². The van der Waals surface area contributed by atoms with Crippen molar-refractivity contribution >= 4 is 18.0 Å². The lowest BCUT2D eigenvalue weighted by Gasteiger charge is -2.13. The average molecular weight is 232 g/mol. The fourth-order valence-corrected chi connectivity index (χ4v) is 1.19. The molecule has 0 aliphatic rings. The van der Waals surface area contributed by atoms with E-state index in [1.54, 1.807) is 0 Å². The van der Waals surface area contributed by atoms with Crippen LogP contribution in [0.25, 0.3) is 0 Å². The Labute approximate surface area is 92.8 Å². The number of amides is 2. The number of carboxylic acid groups (broad SMARTS) is 2. The number of Topliss-reactive ketones (excluding diaryl/α,β-unsaturated/α-hetero) is 1. The highest BCUT2D eigenvalue weighted by Gasteiger charge is 2.15. The molecule has 0 aromatic carbocycles. The molecule has 1 unspecified atom stereocenters. The van der Waals surface area contributed by atoms with Gasteiger partial charge < -0.3 is 20.8 Å². The molecule has 7 nitrogen and oxygen atoms in total. The first-order valence-electron chi connectivity index (χ1n) is 4.90. The molecule has 0 aliphatic heterocycles. The molecule has 0 rings (SSSR count). The van der Waals surface area contributed by atoms with Gasteiger partial charge in [-0.1, -0.05) is 0 Å². The number of carbonyl (C=O) groups is 3. The standard InChI is InChI=1S/C9H16N2O5/c1-6(12)7(11-9(15)16)4-2-3-5-10-8(13)14/h7,10-11H,2-5H2,1H3,(H,13,14)(H,15,16). The van der Waals surface area contributed by atoms with Gasteiger partial charge >= 0.3 is 12.2 Å². The van der Waals surface area contributed by atoms with E-state index >= 15 is 0 Å². The van der Waals surface area contributed by atoms with Crippen molar-refractivity contribution < 1.29 is 24.6 Å². The summed E-state index contributed by atoms with van der Waals surface area (Å²) in [6.45, 7) is 1.61. The van der Waals surface area contributed by atoms with Crippen LogP contribution in [0, 0.1) is 0 Å². The molecule has 4 N–H and O–H groups in total. The Morgan fingerprint density at radius 3 is 2.19 bits per heavy atom. The van der Waals surface area contributed by atoms with E-state index in [2.05, 4.69) is 10.6 Å². The molecule has 0 radical (unpaired) electrons. The molecule has 7 heteroatoms. The Kier molecular flexibility index (Phi) is 6.66. The molecular formula is C9H16N2O5. The minimum Gasteiger partial charge on any atom is -0.465 e. The lowest BCUT2D eigenvalue weighted by Crippen LogP contribution is -2.38. The molecule has 0 heterocycles. The molecule has 0 bridgehead atoms. The van der Waals surface area contributed by atoms with E-state index in [9.17, 15) is 14.4 Å². The SMILES string of the molecule is CC(=O)C(CCCCNC(=O)O)NC(=O)O. The summed E-state index contributed by atoms with van der Waals surface area (Å²) >= 11 is 0. The van der Waals surface area contributed by atoms with Crippen LogP contribution in [0.1, 0.15) is 26.2 Å². The van der Waals surface area contributed by atoms with Gasteiger partial charge in [0.2, 0.25) is 0 Å². The minimum absolute atomic E-state index is 0.242. The maximum absolute atomic E-state index is 11.0. The molecule has 0 fully saturated rings. The maximum atomic E-state index is 11.0. The zero-order chi connectivity index (χ0) is 12.6. The Bertz CT molecular complexity index is 267. The molecular weight excluding hydrogens is 216 g/mol. The molecule has 0 saturated heterocycles. The molecule has 16 heavy (non-hydrogen) atoms. The summed E-state index contributed by atoms with van der Waals surface area (Å²) in [5, 5.41) is 21.0. The van der Waals surface area contributed by atoms with E-state index in [-0.39, 0.29) is 5.78 Å². The fourth-order valence-electron chi connectivity index (χ4n) is 1.19. The third-order valence-electron chi connectivity index (χ3n) is 1.98. The minimum atomic E-state index is -1.23. The highest BCUT2D eigenvalue weighted by Crippen LogP contribution is 2.01. The van der Waals surface area contributed by atoms with Crippen molar-refractivity contribution in [2.75, 3.05) is 6.54 Å². The summed E-state index contributed by atoms with van der Waals surface area (Å²) in [4.78, 5) is 31.4. The van der Waals surface area contributed by atoms with Crippen LogP contribution in [0.15, 0.2) is 0 Å². The maximum Gasteiger partial charge on any atom is 0.405 e. The normalized spacial score (nSPS) is 11.6. The quantitative estimate of drug-likeness (QED) is 0.481. The second kappa shape index (κ2) is 7.49. The second-order valence-corrected chi connectivity index (χ2v) is 3.34. The van der Waals surface area contributed by atoms with Gasteiger partial charge in [0, 0.05) is 6.54 Å². The summed E-state index contributed by atoms with van der Waals surface area (Å²) in [6, 6.07) is -0.706. The monoisotopic (exact) mass is 232 g/mol. The summed E-state index contributed by atoms with van der Waals surface area (Å²) in [7, 11) is 0. The fraction of sp³-hybridized carbons (Fsp3) is 0.667. The molecule has 92 valence electrons. The van der Waals surface area contributed by atoms with E-state index < -0.39 is 18.2 Å². The Balaban J connectivity index is 3.72. The number of hydrogen-bond donors (Lipinski definition) is 4. The topological polar surface area (TPSA) is 116 Å². The lowest BCUT2D eigenvalue weighted by atomic mass is 10.1. The molecule has 0 spiro atoms. The number of carbonyl (C=O) groups excluding carboxylic acids is 1. The molecule has 0 aromatic rings. The van der Waals surface area contributed by atoms with Crippen LogP contribution in [-0.2, 0) is 4.79 Å². The van der Waals surface area contributed by atoms with Gasteiger partial charge in [-0.2, -0.15) is 0 Å². The van der Waals surface area contributed by atoms with Crippen LogP contribution < -0.4 is 10.6 Å². The van der Waals surface area contributed by atoms with Crippen molar-refractivity contribution in [3.05, 3.63) is 0 Å². The van der Waals surface area contributed by atoms with E-state index in [1.807, 2.05) is 0 Å². The van der Waals surface area contributed by atoms with E-state index in [4.69, 9.17) is 10.2 Å². The molecule has 0 aromatic heterocycles. The molecule has 2 amide bonds. The first-order valence-corrected chi connectivity index (χ1v) is 4.90. The Hall–Kier alpha value is -1.79. The Morgan fingerprint density at radius 2 is 1.75 bits per heavy atom. The van der Waals surface area contributed by atoms with Crippen LogP contribution in [-0.4, -0.2) is 40.8 Å². The summed E-state index contributed by atoms with van der Waals surface area (Å²) in [6.07, 6.45) is -0.805. The van der Waals surface area contributed by atoms with Crippen molar-refractivity contribution in [2.24, 2.45) is 0 Å². The first kappa shape index (κ1) is 14.2. The number of nitrogens with one attached hydrogen (secondary N) is 2. The predicted octanol–water partition coefficient (Wildman–Crippen LogP) is 0.649. The third kappa shape index (κ3) is 7.60. The first-order chi connectivity index (χ1) is 7.43. The van der Waals surface area contributed by atoms with Gasteiger partial charge in [0.25, 0.3) is 0 Å².